The highest BCUT2D eigenvalue weighted by Gasteiger charge is 2.58. The molecule has 4 atom stereocenters. The second-order valence-electron chi connectivity index (χ2n) is 7.16. The van der Waals surface area contributed by atoms with Crippen molar-refractivity contribution in [2.45, 2.75) is 58.4 Å². The van der Waals surface area contributed by atoms with Gasteiger partial charge in [-0.05, 0) is 53.7 Å². The van der Waals surface area contributed by atoms with Crippen LogP contribution >= 0.6 is 0 Å². The van der Waals surface area contributed by atoms with Crippen LogP contribution in [0.4, 0.5) is 0 Å². The number of benzene rings is 1. The van der Waals surface area contributed by atoms with E-state index >= 15 is 0 Å². The summed E-state index contributed by atoms with van der Waals surface area (Å²) < 4.78 is 0. The van der Waals surface area contributed by atoms with E-state index in [1.807, 2.05) is 0 Å². The van der Waals surface area contributed by atoms with Gasteiger partial charge < -0.3 is 5.32 Å². The Morgan fingerprint density at radius 1 is 1.21 bits per heavy atom. The molecule has 0 heterocycles. The molecule has 1 N–H and O–H groups in total. The first-order valence-electron chi connectivity index (χ1n) is 7.89. The molecule has 4 unspecified atom stereocenters. The van der Waals surface area contributed by atoms with Crippen molar-refractivity contribution >= 4 is 0 Å². The van der Waals surface area contributed by atoms with Gasteiger partial charge in [-0.15, -0.1) is 0 Å². The molecule has 0 radical (unpaired) electrons. The van der Waals surface area contributed by atoms with E-state index < -0.39 is 0 Å². The van der Waals surface area contributed by atoms with Crippen molar-refractivity contribution in [1.82, 2.24) is 5.32 Å². The monoisotopic (exact) mass is 257 g/mol. The summed E-state index contributed by atoms with van der Waals surface area (Å²) in [5.74, 6) is 2.32. The van der Waals surface area contributed by atoms with Gasteiger partial charge in [0.15, 0.2) is 0 Å². The van der Waals surface area contributed by atoms with Crippen molar-refractivity contribution in [3.05, 3.63) is 35.4 Å². The first kappa shape index (κ1) is 13.2. The lowest BCUT2D eigenvalue weighted by Crippen LogP contribution is -2.64. The van der Waals surface area contributed by atoms with Gasteiger partial charge in [-0.3, -0.25) is 0 Å². The van der Waals surface area contributed by atoms with Gasteiger partial charge in [0.25, 0.3) is 0 Å². The van der Waals surface area contributed by atoms with E-state index in [2.05, 4.69) is 57.3 Å². The van der Waals surface area contributed by atoms with E-state index in [1.54, 1.807) is 11.1 Å². The lowest BCUT2D eigenvalue weighted by Gasteiger charge is -2.62. The highest BCUT2D eigenvalue weighted by atomic mass is 15.0. The van der Waals surface area contributed by atoms with Gasteiger partial charge >= 0.3 is 0 Å². The predicted molar refractivity (Wildman–Crippen MR) is 81.6 cm³/mol. The van der Waals surface area contributed by atoms with Crippen LogP contribution < -0.4 is 5.32 Å². The van der Waals surface area contributed by atoms with Crippen LogP contribution in [0.15, 0.2) is 24.3 Å². The minimum atomic E-state index is 0.399. The molecule has 1 nitrogen and oxygen atoms in total. The summed E-state index contributed by atoms with van der Waals surface area (Å²) in [6, 6.07) is 9.85. The largest absolute Gasteiger partial charge is 0.313 e. The summed E-state index contributed by atoms with van der Waals surface area (Å²) in [4.78, 5) is 0. The van der Waals surface area contributed by atoms with Crippen LogP contribution in [0.2, 0.25) is 0 Å². The Balaban J connectivity index is 1.92. The molecular formula is C18H27N. The Morgan fingerprint density at radius 3 is 2.58 bits per heavy atom. The Hall–Kier alpha value is -0.820. The first-order valence-corrected chi connectivity index (χ1v) is 7.89. The van der Waals surface area contributed by atoms with E-state index in [0.717, 1.165) is 24.3 Å². The van der Waals surface area contributed by atoms with Crippen LogP contribution in [0, 0.1) is 11.3 Å². The topological polar surface area (TPSA) is 12.0 Å². The molecule has 0 saturated heterocycles. The summed E-state index contributed by atoms with van der Waals surface area (Å²) in [5, 5.41) is 3.81. The van der Waals surface area contributed by atoms with Crippen LogP contribution in [0.25, 0.3) is 0 Å². The molecule has 3 rings (SSSR count). The maximum absolute atomic E-state index is 3.81. The van der Waals surface area contributed by atoms with Crippen LogP contribution in [-0.2, 0) is 0 Å². The Kier molecular flexibility index (Phi) is 3.21. The summed E-state index contributed by atoms with van der Waals surface area (Å²) in [6.07, 6.45) is 2.59. The fourth-order valence-corrected chi connectivity index (χ4v) is 4.77. The van der Waals surface area contributed by atoms with E-state index in [9.17, 15) is 0 Å². The third kappa shape index (κ3) is 1.86. The van der Waals surface area contributed by atoms with Crippen LogP contribution in [0.5, 0.6) is 0 Å². The fraction of sp³-hybridized carbons (Fsp3) is 0.667. The Morgan fingerprint density at radius 2 is 1.89 bits per heavy atom. The normalized spacial score (nSPS) is 35.2. The molecule has 0 aliphatic heterocycles. The number of fused-ring (bicyclic) bond motifs is 3. The predicted octanol–water partition coefficient (Wildman–Crippen LogP) is 4.30. The molecule has 1 heteroatoms. The summed E-state index contributed by atoms with van der Waals surface area (Å²) in [5.41, 5.74) is 3.63. The first-order chi connectivity index (χ1) is 9.07. The van der Waals surface area contributed by atoms with Gasteiger partial charge in [0.1, 0.15) is 0 Å². The zero-order valence-electron chi connectivity index (χ0n) is 12.7. The lowest BCUT2D eigenvalue weighted by atomic mass is 9.45. The fourth-order valence-electron chi connectivity index (χ4n) is 4.77. The molecule has 19 heavy (non-hydrogen) atoms. The smallest absolute Gasteiger partial charge is 0.0159 e. The quantitative estimate of drug-likeness (QED) is 0.851. The molecule has 0 aromatic heterocycles. The van der Waals surface area contributed by atoms with Gasteiger partial charge in [0, 0.05) is 6.04 Å². The molecule has 0 amide bonds. The molecule has 2 aliphatic carbocycles. The number of hydrogen-bond donors (Lipinski definition) is 1. The third-order valence-electron chi connectivity index (χ3n) is 5.56. The van der Waals surface area contributed by atoms with Gasteiger partial charge in [0.05, 0.1) is 0 Å². The molecular weight excluding hydrogens is 230 g/mol. The van der Waals surface area contributed by atoms with Gasteiger partial charge in [-0.2, -0.15) is 0 Å². The van der Waals surface area contributed by atoms with Crippen LogP contribution in [-0.4, -0.2) is 12.6 Å². The second kappa shape index (κ2) is 4.63. The standard InChI is InChI=1S/C18H27N/c1-5-10-19-17-15-11-12(2)13-8-6-7-9-14(13)16(15)18(17,3)4/h6-9,12,15-17,19H,5,10-11H2,1-4H3. The summed E-state index contributed by atoms with van der Waals surface area (Å²) in [6.45, 7) is 10.7. The average molecular weight is 257 g/mol. The zero-order chi connectivity index (χ0) is 13.6. The van der Waals surface area contributed by atoms with Crippen molar-refractivity contribution in [2.24, 2.45) is 11.3 Å². The van der Waals surface area contributed by atoms with E-state index in [-0.39, 0.29) is 0 Å². The van der Waals surface area contributed by atoms with E-state index in [4.69, 9.17) is 0 Å². The Labute approximate surface area is 117 Å². The van der Waals surface area contributed by atoms with Crippen molar-refractivity contribution in [3.8, 4) is 0 Å². The van der Waals surface area contributed by atoms with Crippen molar-refractivity contribution in [1.29, 1.82) is 0 Å². The number of nitrogens with one attached hydrogen (secondary N) is 1. The van der Waals surface area contributed by atoms with E-state index in [0.29, 0.717) is 11.5 Å². The van der Waals surface area contributed by atoms with Crippen molar-refractivity contribution in [2.75, 3.05) is 6.54 Å². The molecule has 0 bridgehead atoms. The number of rotatable bonds is 3. The van der Waals surface area contributed by atoms with Crippen molar-refractivity contribution < 1.29 is 0 Å². The molecule has 104 valence electrons. The molecule has 1 saturated carbocycles. The summed E-state index contributed by atoms with van der Waals surface area (Å²) >= 11 is 0. The van der Waals surface area contributed by atoms with E-state index in [1.165, 1.54) is 12.8 Å². The van der Waals surface area contributed by atoms with Crippen LogP contribution in [0.3, 0.4) is 0 Å². The van der Waals surface area contributed by atoms with Crippen LogP contribution in [0.1, 0.15) is 63.5 Å². The lowest BCUT2D eigenvalue weighted by molar-refractivity contribution is -0.0259. The maximum Gasteiger partial charge on any atom is 0.0159 e. The molecule has 1 fully saturated rings. The average Bonchev–Trinajstić information content (AvgIpc) is 2.38. The maximum atomic E-state index is 3.81. The molecule has 2 aliphatic rings. The minimum absolute atomic E-state index is 0.399. The SMILES string of the molecule is CCCNC1C2CC(C)c3ccccc3C2C1(C)C. The zero-order valence-corrected chi connectivity index (χ0v) is 12.7. The van der Waals surface area contributed by atoms with Crippen molar-refractivity contribution in [3.63, 3.8) is 0 Å². The molecule has 1 aromatic carbocycles. The Bertz CT molecular complexity index is 463. The highest BCUT2D eigenvalue weighted by molar-refractivity contribution is 5.41. The van der Waals surface area contributed by atoms with Gasteiger partial charge in [-0.25, -0.2) is 0 Å². The van der Waals surface area contributed by atoms with Gasteiger partial charge in [-0.1, -0.05) is 52.0 Å². The summed E-state index contributed by atoms with van der Waals surface area (Å²) in [7, 11) is 0. The number of hydrogen-bond acceptors (Lipinski definition) is 1. The minimum Gasteiger partial charge on any atom is -0.313 e. The molecule has 1 aromatic rings. The molecule has 0 spiro atoms. The van der Waals surface area contributed by atoms with Gasteiger partial charge in [0.2, 0.25) is 0 Å². The second-order valence-corrected chi connectivity index (χ2v) is 7.16. The highest BCUT2D eigenvalue weighted by Crippen LogP contribution is 2.62. The third-order valence-corrected chi connectivity index (χ3v) is 5.56.